The molecule has 4 aromatic heterocycles. The third kappa shape index (κ3) is 4.49. The highest BCUT2D eigenvalue weighted by Gasteiger charge is 2.17. The van der Waals surface area contributed by atoms with Crippen molar-refractivity contribution in [1.82, 2.24) is 34.7 Å². The van der Waals surface area contributed by atoms with Crippen LogP contribution in [0.15, 0.2) is 48.9 Å². The van der Waals surface area contributed by atoms with Gasteiger partial charge in [0.2, 0.25) is 0 Å². The van der Waals surface area contributed by atoms with Gasteiger partial charge in [-0.3, -0.25) is 4.68 Å². The lowest BCUT2D eigenvalue weighted by Crippen LogP contribution is -2.38. The monoisotopic (exact) mass is 432 g/mol. The van der Waals surface area contributed by atoms with Gasteiger partial charge in [0.1, 0.15) is 11.5 Å². The van der Waals surface area contributed by atoms with E-state index in [9.17, 15) is 5.11 Å². The second kappa shape index (κ2) is 8.33. The molecule has 0 bridgehead atoms. The molecule has 0 aromatic carbocycles. The van der Waals surface area contributed by atoms with Crippen molar-refractivity contribution in [3.63, 3.8) is 0 Å². The number of rotatable bonds is 6. The lowest BCUT2D eigenvalue weighted by Gasteiger charge is -2.24. The van der Waals surface area contributed by atoms with Crippen LogP contribution in [0.1, 0.15) is 26.7 Å². The van der Waals surface area contributed by atoms with Gasteiger partial charge in [0.25, 0.3) is 0 Å². The van der Waals surface area contributed by atoms with E-state index in [1.165, 1.54) is 6.42 Å². The van der Waals surface area contributed by atoms with Crippen molar-refractivity contribution in [2.75, 3.05) is 18.4 Å². The minimum atomic E-state index is -0.837. The summed E-state index contributed by atoms with van der Waals surface area (Å²) in [4.78, 5) is 9.33. The third-order valence-electron chi connectivity index (χ3n) is 5.50. The standard InChI is InChI=1S/C23H28N8O/c1-23(2,32)15-30-14-16(11-26-30)18-8-9-22-25-13-20(31(22)29-18)19-6-3-7-21(28-19)27-17-5-4-10-24-12-17/h3,6-9,11,13-14,17,24,32H,4-5,10,12,15H2,1-2H3,(H,27,28)/t17-/m1/s1. The summed E-state index contributed by atoms with van der Waals surface area (Å²) in [7, 11) is 0. The number of nitrogens with one attached hydrogen (secondary N) is 2. The van der Waals surface area contributed by atoms with Crippen LogP contribution in [-0.4, -0.2) is 59.2 Å². The van der Waals surface area contributed by atoms with Gasteiger partial charge in [0.15, 0.2) is 5.65 Å². The summed E-state index contributed by atoms with van der Waals surface area (Å²) in [5, 5.41) is 26.2. The van der Waals surface area contributed by atoms with Gasteiger partial charge in [-0.2, -0.15) is 10.2 Å². The lowest BCUT2D eigenvalue weighted by molar-refractivity contribution is 0.0577. The Kier molecular flexibility index (Phi) is 5.36. The van der Waals surface area contributed by atoms with Crippen LogP contribution >= 0.6 is 0 Å². The summed E-state index contributed by atoms with van der Waals surface area (Å²) in [6.07, 6.45) is 7.77. The molecule has 0 saturated carbocycles. The second-order valence-electron chi connectivity index (χ2n) is 8.97. The number of hydrogen-bond acceptors (Lipinski definition) is 7. The van der Waals surface area contributed by atoms with Crippen molar-refractivity contribution in [2.45, 2.75) is 44.9 Å². The number of aliphatic hydroxyl groups is 1. The molecular formula is C23H28N8O. The molecule has 3 N–H and O–H groups in total. The van der Waals surface area contributed by atoms with Gasteiger partial charge in [-0.15, -0.1) is 0 Å². The summed E-state index contributed by atoms with van der Waals surface area (Å²) < 4.78 is 3.55. The van der Waals surface area contributed by atoms with E-state index in [0.717, 1.165) is 53.6 Å². The van der Waals surface area contributed by atoms with Gasteiger partial charge in [-0.05, 0) is 57.5 Å². The number of pyridine rings is 1. The fraction of sp³-hybridized carbons (Fsp3) is 0.391. The SMILES string of the molecule is CC(C)(O)Cn1cc(-c2ccc3ncc(-c4cccc(N[C@@H]5CCCNC5)n4)n3n2)cn1. The number of nitrogens with zero attached hydrogens (tertiary/aromatic N) is 6. The molecule has 0 aliphatic carbocycles. The molecule has 0 unspecified atom stereocenters. The van der Waals surface area contributed by atoms with Crippen LogP contribution in [0, 0.1) is 0 Å². The Labute approximate surface area is 186 Å². The van der Waals surface area contributed by atoms with Crippen molar-refractivity contribution < 1.29 is 5.11 Å². The molecule has 1 aliphatic heterocycles. The Morgan fingerprint density at radius 3 is 2.91 bits per heavy atom. The van der Waals surface area contributed by atoms with Crippen LogP contribution in [0.3, 0.4) is 0 Å². The zero-order valence-electron chi connectivity index (χ0n) is 18.4. The van der Waals surface area contributed by atoms with Crippen molar-refractivity contribution >= 4 is 11.5 Å². The first kappa shape index (κ1) is 20.6. The molecule has 32 heavy (non-hydrogen) atoms. The summed E-state index contributed by atoms with van der Waals surface area (Å²) in [5.41, 5.74) is 3.22. The van der Waals surface area contributed by atoms with Gasteiger partial charge in [-0.1, -0.05) is 6.07 Å². The topological polar surface area (TPSA) is 105 Å². The number of piperidine rings is 1. The summed E-state index contributed by atoms with van der Waals surface area (Å²) >= 11 is 0. The molecule has 5 heterocycles. The number of anilines is 1. The smallest absolute Gasteiger partial charge is 0.154 e. The first-order valence-corrected chi connectivity index (χ1v) is 11.0. The highest BCUT2D eigenvalue weighted by molar-refractivity contribution is 5.64. The number of aromatic nitrogens is 6. The highest BCUT2D eigenvalue weighted by atomic mass is 16.3. The van der Waals surface area contributed by atoms with E-state index in [-0.39, 0.29) is 0 Å². The first-order valence-electron chi connectivity index (χ1n) is 11.0. The van der Waals surface area contributed by atoms with Gasteiger partial charge >= 0.3 is 0 Å². The molecule has 4 aromatic rings. The summed E-state index contributed by atoms with van der Waals surface area (Å²) in [6.45, 7) is 5.96. The fourth-order valence-electron chi connectivity index (χ4n) is 4.02. The van der Waals surface area contributed by atoms with Gasteiger partial charge < -0.3 is 15.7 Å². The molecule has 1 fully saturated rings. The highest BCUT2D eigenvalue weighted by Crippen LogP contribution is 2.23. The van der Waals surface area contributed by atoms with E-state index in [4.69, 9.17) is 10.1 Å². The summed E-state index contributed by atoms with van der Waals surface area (Å²) in [5.74, 6) is 0.857. The normalized spacial score (nSPS) is 17.0. The number of imidazole rings is 1. The largest absolute Gasteiger partial charge is 0.389 e. The molecule has 9 heteroatoms. The number of hydrogen-bond donors (Lipinski definition) is 3. The minimum Gasteiger partial charge on any atom is -0.389 e. The van der Waals surface area contributed by atoms with Crippen LogP contribution in [0.25, 0.3) is 28.3 Å². The molecule has 0 spiro atoms. The van der Waals surface area contributed by atoms with Crippen LogP contribution in [0.4, 0.5) is 5.82 Å². The zero-order valence-corrected chi connectivity index (χ0v) is 18.4. The van der Waals surface area contributed by atoms with E-state index in [0.29, 0.717) is 12.6 Å². The van der Waals surface area contributed by atoms with Gasteiger partial charge in [0, 0.05) is 24.3 Å². The Bertz CT molecular complexity index is 1220. The van der Waals surface area contributed by atoms with Crippen LogP contribution in [0.2, 0.25) is 0 Å². The van der Waals surface area contributed by atoms with E-state index in [1.807, 2.05) is 41.0 Å². The van der Waals surface area contributed by atoms with Crippen molar-refractivity contribution in [3.05, 3.63) is 48.9 Å². The Balaban J connectivity index is 1.44. The van der Waals surface area contributed by atoms with Crippen molar-refractivity contribution in [3.8, 4) is 22.6 Å². The zero-order chi connectivity index (χ0) is 22.1. The van der Waals surface area contributed by atoms with Crippen LogP contribution in [-0.2, 0) is 6.54 Å². The predicted molar refractivity (Wildman–Crippen MR) is 123 cm³/mol. The molecule has 9 nitrogen and oxygen atoms in total. The maximum Gasteiger partial charge on any atom is 0.154 e. The minimum absolute atomic E-state index is 0.388. The van der Waals surface area contributed by atoms with Crippen molar-refractivity contribution in [1.29, 1.82) is 0 Å². The van der Waals surface area contributed by atoms with E-state index in [1.54, 1.807) is 30.9 Å². The van der Waals surface area contributed by atoms with Gasteiger partial charge in [0.05, 0.1) is 35.9 Å². The van der Waals surface area contributed by atoms with E-state index >= 15 is 0 Å². The van der Waals surface area contributed by atoms with E-state index in [2.05, 4.69) is 20.7 Å². The molecule has 0 amide bonds. The second-order valence-corrected chi connectivity index (χ2v) is 8.97. The van der Waals surface area contributed by atoms with Crippen LogP contribution < -0.4 is 10.6 Å². The molecule has 1 saturated heterocycles. The third-order valence-corrected chi connectivity index (χ3v) is 5.50. The average Bonchev–Trinajstić information content (AvgIpc) is 3.40. The molecule has 1 atom stereocenters. The molecule has 0 radical (unpaired) electrons. The Morgan fingerprint density at radius 1 is 1.19 bits per heavy atom. The maximum absolute atomic E-state index is 10.0. The van der Waals surface area contributed by atoms with Crippen molar-refractivity contribution in [2.24, 2.45) is 0 Å². The maximum atomic E-state index is 10.0. The fourth-order valence-corrected chi connectivity index (χ4v) is 4.02. The first-order chi connectivity index (χ1) is 15.4. The Morgan fingerprint density at radius 2 is 2.09 bits per heavy atom. The number of fused-ring (bicyclic) bond motifs is 1. The van der Waals surface area contributed by atoms with Crippen LogP contribution in [0.5, 0.6) is 0 Å². The Hall–Kier alpha value is -3.30. The quantitative estimate of drug-likeness (QED) is 0.430. The molecule has 166 valence electrons. The molecular weight excluding hydrogens is 404 g/mol. The average molecular weight is 433 g/mol. The summed E-state index contributed by atoms with van der Waals surface area (Å²) in [6, 6.07) is 10.2. The van der Waals surface area contributed by atoms with Gasteiger partial charge in [-0.25, -0.2) is 14.5 Å². The lowest BCUT2D eigenvalue weighted by atomic mass is 10.1. The van der Waals surface area contributed by atoms with E-state index < -0.39 is 5.60 Å². The molecule has 5 rings (SSSR count). The molecule has 1 aliphatic rings. The predicted octanol–water partition coefficient (Wildman–Crippen LogP) is 2.59.